The van der Waals surface area contributed by atoms with Crippen LogP contribution in [0.5, 0.6) is 11.5 Å². The van der Waals surface area contributed by atoms with Crippen LogP contribution in [0.1, 0.15) is 5.56 Å². The third-order valence-corrected chi connectivity index (χ3v) is 6.34. The van der Waals surface area contributed by atoms with Gasteiger partial charge in [0.05, 0.1) is 18.4 Å². The predicted octanol–water partition coefficient (Wildman–Crippen LogP) is 4.45. The van der Waals surface area contributed by atoms with E-state index in [0.717, 1.165) is 35.7 Å². The Morgan fingerprint density at radius 3 is 2.31 bits per heavy atom. The van der Waals surface area contributed by atoms with Gasteiger partial charge in [0, 0.05) is 31.7 Å². The fraction of sp³-hybridized carbons (Fsp3) is 0.250. The second kappa shape index (κ2) is 10.5. The molecule has 0 bridgehead atoms. The van der Waals surface area contributed by atoms with Gasteiger partial charge in [0.2, 0.25) is 5.82 Å². The second-order valence-corrected chi connectivity index (χ2v) is 8.56. The number of amides is 1. The number of nitrogens with zero attached hydrogens (tertiary/aromatic N) is 4. The summed E-state index contributed by atoms with van der Waals surface area (Å²) in [4.78, 5) is 21.6. The highest BCUT2D eigenvalue weighted by Crippen LogP contribution is 2.31. The Morgan fingerprint density at radius 1 is 0.889 bits per heavy atom. The summed E-state index contributed by atoms with van der Waals surface area (Å²) in [6.07, 6.45) is 0. The van der Waals surface area contributed by atoms with E-state index < -0.39 is 0 Å². The van der Waals surface area contributed by atoms with Gasteiger partial charge >= 0.3 is 0 Å². The topological polar surface area (TPSA) is 80.9 Å². The number of benzene rings is 3. The van der Waals surface area contributed by atoms with Crippen LogP contribution in [0, 0.1) is 6.92 Å². The Labute approximate surface area is 210 Å². The van der Waals surface area contributed by atoms with Crippen molar-refractivity contribution in [2.24, 2.45) is 0 Å². The van der Waals surface area contributed by atoms with Gasteiger partial charge in [-0.1, -0.05) is 53.7 Å². The summed E-state index contributed by atoms with van der Waals surface area (Å²) in [6, 6.07) is 23.2. The number of aryl methyl sites for hydroxylation is 1. The SMILES string of the molecule is COc1ccccc1N1CCN(C(=O)COc2ccccc2-c2nc(-c3ccccc3C)no2)CC1. The van der Waals surface area contributed by atoms with E-state index in [0.29, 0.717) is 36.1 Å². The molecule has 4 aromatic rings. The maximum absolute atomic E-state index is 12.9. The molecule has 8 heteroatoms. The van der Waals surface area contributed by atoms with E-state index in [1.165, 1.54) is 0 Å². The fourth-order valence-corrected chi connectivity index (χ4v) is 4.35. The maximum Gasteiger partial charge on any atom is 0.262 e. The van der Waals surface area contributed by atoms with Crippen LogP contribution >= 0.6 is 0 Å². The summed E-state index contributed by atoms with van der Waals surface area (Å²) in [5.74, 6) is 2.17. The fourth-order valence-electron chi connectivity index (χ4n) is 4.35. The van der Waals surface area contributed by atoms with Crippen LogP contribution in [0.2, 0.25) is 0 Å². The molecule has 8 nitrogen and oxygen atoms in total. The quantitative estimate of drug-likeness (QED) is 0.383. The molecule has 0 saturated carbocycles. The largest absolute Gasteiger partial charge is 0.495 e. The first-order chi connectivity index (χ1) is 17.6. The number of ether oxygens (including phenoxy) is 2. The molecule has 1 amide bonds. The number of hydrogen-bond donors (Lipinski definition) is 0. The number of hydrogen-bond acceptors (Lipinski definition) is 7. The molecule has 1 aliphatic heterocycles. The van der Waals surface area contributed by atoms with Crippen molar-refractivity contribution in [2.45, 2.75) is 6.92 Å². The Bertz CT molecular complexity index is 1340. The van der Waals surface area contributed by atoms with E-state index in [1.54, 1.807) is 13.2 Å². The van der Waals surface area contributed by atoms with E-state index in [-0.39, 0.29) is 12.5 Å². The molecule has 0 N–H and O–H groups in total. The van der Waals surface area contributed by atoms with Crippen LogP contribution in [-0.4, -0.2) is 60.8 Å². The Morgan fingerprint density at radius 2 is 1.56 bits per heavy atom. The Kier molecular flexibility index (Phi) is 6.84. The molecule has 1 aromatic heterocycles. The highest BCUT2D eigenvalue weighted by Gasteiger charge is 2.24. The highest BCUT2D eigenvalue weighted by atomic mass is 16.5. The minimum absolute atomic E-state index is 0.0596. The molecule has 5 rings (SSSR count). The maximum atomic E-state index is 12.9. The summed E-state index contributed by atoms with van der Waals surface area (Å²) in [5, 5.41) is 4.15. The summed E-state index contributed by atoms with van der Waals surface area (Å²) in [7, 11) is 1.67. The number of aromatic nitrogens is 2. The molecule has 36 heavy (non-hydrogen) atoms. The number of carbonyl (C=O) groups is 1. The Hall–Kier alpha value is -4.33. The molecule has 0 atom stereocenters. The third kappa shape index (κ3) is 4.88. The van der Waals surface area contributed by atoms with E-state index in [1.807, 2.05) is 78.6 Å². The van der Waals surface area contributed by atoms with Crippen LogP contribution < -0.4 is 14.4 Å². The molecule has 0 aliphatic carbocycles. The zero-order valence-electron chi connectivity index (χ0n) is 20.4. The molecular formula is C28H28N4O4. The summed E-state index contributed by atoms with van der Waals surface area (Å²) in [6.45, 7) is 4.63. The average Bonchev–Trinajstić information content (AvgIpc) is 3.42. The van der Waals surface area contributed by atoms with Crippen molar-refractivity contribution in [3.8, 4) is 34.3 Å². The number of carbonyl (C=O) groups excluding carboxylic acids is 1. The Balaban J connectivity index is 1.22. The first-order valence-electron chi connectivity index (χ1n) is 11.9. The van der Waals surface area contributed by atoms with Crippen molar-refractivity contribution >= 4 is 11.6 Å². The lowest BCUT2D eigenvalue weighted by molar-refractivity contribution is -0.133. The standard InChI is InChI=1S/C28H28N4O4/c1-20-9-3-4-10-21(20)27-29-28(36-30-27)22-11-5-7-13-24(22)35-19-26(33)32-17-15-31(16-18-32)23-12-6-8-14-25(23)34-2/h3-14H,15-19H2,1-2H3. The van der Waals surface area contributed by atoms with Crippen molar-refractivity contribution in [3.63, 3.8) is 0 Å². The van der Waals surface area contributed by atoms with Gasteiger partial charge in [-0.05, 0) is 36.8 Å². The molecule has 0 spiro atoms. The van der Waals surface area contributed by atoms with Gasteiger partial charge in [-0.25, -0.2) is 0 Å². The van der Waals surface area contributed by atoms with E-state index in [4.69, 9.17) is 14.0 Å². The molecule has 184 valence electrons. The zero-order chi connectivity index (χ0) is 24.9. The molecule has 1 saturated heterocycles. The smallest absolute Gasteiger partial charge is 0.262 e. The van der Waals surface area contributed by atoms with Crippen molar-refractivity contribution in [2.75, 3.05) is 44.8 Å². The lowest BCUT2D eigenvalue weighted by Crippen LogP contribution is -2.50. The molecule has 1 aliphatic rings. The first-order valence-corrected chi connectivity index (χ1v) is 11.9. The predicted molar refractivity (Wildman–Crippen MR) is 137 cm³/mol. The van der Waals surface area contributed by atoms with Gasteiger partial charge in [0.25, 0.3) is 11.8 Å². The monoisotopic (exact) mass is 484 g/mol. The van der Waals surface area contributed by atoms with Crippen molar-refractivity contribution in [1.29, 1.82) is 0 Å². The summed E-state index contributed by atoms with van der Waals surface area (Å²) in [5.41, 5.74) is 3.67. The van der Waals surface area contributed by atoms with E-state index in [2.05, 4.69) is 15.0 Å². The molecule has 0 unspecified atom stereocenters. The van der Waals surface area contributed by atoms with Gasteiger partial charge in [-0.3, -0.25) is 4.79 Å². The van der Waals surface area contributed by atoms with Crippen LogP contribution in [0.15, 0.2) is 77.3 Å². The highest BCUT2D eigenvalue weighted by molar-refractivity contribution is 5.78. The minimum Gasteiger partial charge on any atom is -0.495 e. The van der Waals surface area contributed by atoms with Gasteiger partial charge < -0.3 is 23.8 Å². The van der Waals surface area contributed by atoms with Crippen LogP contribution in [0.4, 0.5) is 5.69 Å². The van der Waals surface area contributed by atoms with Gasteiger partial charge in [-0.15, -0.1) is 0 Å². The van der Waals surface area contributed by atoms with Crippen molar-refractivity contribution < 1.29 is 18.8 Å². The van der Waals surface area contributed by atoms with Gasteiger partial charge in [0.15, 0.2) is 6.61 Å². The molecule has 2 heterocycles. The van der Waals surface area contributed by atoms with Gasteiger partial charge in [-0.2, -0.15) is 4.98 Å². The van der Waals surface area contributed by atoms with Crippen LogP contribution in [0.25, 0.3) is 22.8 Å². The number of rotatable bonds is 7. The minimum atomic E-state index is -0.0650. The number of piperazine rings is 1. The number of methoxy groups -OCH3 is 1. The average molecular weight is 485 g/mol. The molecular weight excluding hydrogens is 456 g/mol. The lowest BCUT2D eigenvalue weighted by atomic mass is 10.1. The van der Waals surface area contributed by atoms with E-state index in [9.17, 15) is 4.79 Å². The summed E-state index contributed by atoms with van der Waals surface area (Å²) >= 11 is 0. The van der Waals surface area contributed by atoms with Crippen molar-refractivity contribution in [3.05, 3.63) is 78.4 Å². The third-order valence-electron chi connectivity index (χ3n) is 6.34. The van der Waals surface area contributed by atoms with Gasteiger partial charge in [0.1, 0.15) is 11.5 Å². The van der Waals surface area contributed by atoms with Crippen molar-refractivity contribution in [1.82, 2.24) is 15.0 Å². The molecule has 3 aromatic carbocycles. The zero-order valence-corrected chi connectivity index (χ0v) is 20.4. The number of para-hydroxylation sites is 3. The lowest BCUT2D eigenvalue weighted by Gasteiger charge is -2.36. The normalized spacial score (nSPS) is 13.5. The summed E-state index contributed by atoms with van der Waals surface area (Å²) < 4.78 is 17.0. The van der Waals surface area contributed by atoms with Crippen LogP contribution in [0.3, 0.4) is 0 Å². The first kappa shape index (κ1) is 23.4. The van der Waals surface area contributed by atoms with E-state index >= 15 is 0 Å². The molecule has 0 radical (unpaired) electrons. The molecule has 1 fully saturated rings. The number of anilines is 1. The van der Waals surface area contributed by atoms with Crippen LogP contribution in [-0.2, 0) is 4.79 Å². The second-order valence-electron chi connectivity index (χ2n) is 8.56.